The van der Waals surface area contributed by atoms with Crippen molar-refractivity contribution in [2.75, 3.05) is 11.9 Å². The topological polar surface area (TPSA) is 51.2 Å². The van der Waals surface area contributed by atoms with Crippen LogP contribution in [0.1, 0.15) is 25.1 Å². The lowest BCUT2D eigenvalue weighted by Crippen LogP contribution is -2.21. The molecule has 1 heterocycles. The highest BCUT2D eigenvalue weighted by atomic mass is 16.5. The Morgan fingerprint density at radius 2 is 2.05 bits per heavy atom. The SMILES string of the molecule is Cc1ccc2nc(C)cc(NC(=O)COC(C)C)c2c1. The summed E-state index contributed by atoms with van der Waals surface area (Å²) < 4.78 is 5.31. The summed E-state index contributed by atoms with van der Waals surface area (Å²) >= 11 is 0. The molecule has 0 aliphatic carbocycles. The van der Waals surface area contributed by atoms with Crippen molar-refractivity contribution in [3.63, 3.8) is 0 Å². The number of anilines is 1. The van der Waals surface area contributed by atoms with Crippen LogP contribution in [0.25, 0.3) is 10.9 Å². The normalized spacial score (nSPS) is 11.1. The van der Waals surface area contributed by atoms with Crippen LogP contribution in [0.2, 0.25) is 0 Å². The van der Waals surface area contributed by atoms with Gasteiger partial charge in [0, 0.05) is 11.1 Å². The Morgan fingerprint density at radius 3 is 2.75 bits per heavy atom. The first-order valence-electron chi connectivity index (χ1n) is 6.75. The molecule has 0 saturated carbocycles. The largest absolute Gasteiger partial charge is 0.369 e. The first-order chi connectivity index (χ1) is 9.45. The second-order valence-electron chi connectivity index (χ2n) is 5.24. The second-order valence-corrected chi connectivity index (χ2v) is 5.24. The van der Waals surface area contributed by atoms with Crippen molar-refractivity contribution < 1.29 is 9.53 Å². The number of pyridine rings is 1. The lowest BCUT2D eigenvalue weighted by molar-refractivity contribution is -0.121. The van der Waals surface area contributed by atoms with E-state index in [1.54, 1.807) is 0 Å². The highest BCUT2D eigenvalue weighted by molar-refractivity contribution is 6.01. The van der Waals surface area contributed by atoms with Crippen molar-refractivity contribution in [3.05, 3.63) is 35.5 Å². The van der Waals surface area contributed by atoms with E-state index < -0.39 is 0 Å². The van der Waals surface area contributed by atoms with Gasteiger partial charge in [0.1, 0.15) is 6.61 Å². The van der Waals surface area contributed by atoms with Crippen LogP contribution in [0, 0.1) is 13.8 Å². The number of nitrogens with one attached hydrogen (secondary N) is 1. The average Bonchev–Trinajstić information content (AvgIpc) is 2.37. The number of fused-ring (bicyclic) bond motifs is 1. The Morgan fingerprint density at radius 1 is 1.30 bits per heavy atom. The zero-order valence-electron chi connectivity index (χ0n) is 12.4. The Bertz CT molecular complexity index is 636. The van der Waals surface area contributed by atoms with E-state index in [2.05, 4.69) is 10.3 Å². The second kappa shape index (κ2) is 6.01. The molecule has 0 atom stereocenters. The van der Waals surface area contributed by atoms with Gasteiger partial charge in [-0.25, -0.2) is 0 Å². The highest BCUT2D eigenvalue weighted by Gasteiger charge is 2.09. The molecule has 1 amide bonds. The van der Waals surface area contributed by atoms with E-state index in [0.29, 0.717) is 0 Å². The minimum Gasteiger partial charge on any atom is -0.369 e. The van der Waals surface area contributed by atoms with Crippen molar-refractivity contribution in [2.45, 2.75) is 33.8 Å². The van der Waals surface area contributed by atoms with Crippen LogP contribution in [0.15, 0.2) is 24.3 Å². The standard InChI is InChI=1S/C16H20N2O2/c1-10(2)20-9-16(19)18-15-8-12(4)17-14-6-5-11(3)7-13(14)15/h5-8,10H,9H2,1-4H3,(H,17,18,19). The fourth-order valence-corrected chi connectivity index (χ4v) is 2.00. The van der Waals surface area contributed by atoms with Crippen LogP contribution in [0.5, 0.6) is 0 Å². The molecule has 2 rings (SSSR count). The molecule has 4 heteroatoms. The van der Waals surface area contributed by atoms with Crippen LogP contribution in [0.4, 0.5) is 5.69 Å². The predicted octanol–water partition coefficient (Wildman–Crippen LogP) is 3.22. The van der Waals surface area contributed by atoms with Gasteiger partial charge in [0.05, 0.1) is 17.3 Å². The number of hydrogen-bond acceptors (Lipinski definition) is 3. The van der Waals surface area contributed by atoms with Gasteiger partial charge in [-0.15, -0.1) is 0 Å². The third-order valence-electron chi connectivity index (χ3n) is 2.91. The van der Waals surface area contributed by atoms with Gasteiger partial charge >= 0.3 is 0 Å². The van der Waals surface area contributed by atoms with Crippen molar-refractivity contribution in [1.29, 1.82) is 0 Å². The van der Waals surface area contributed by atoms with E-state index in [4.69, 9.17) is 4.74 Å². The Labute approximate surface area is 119 Å². The van der Waals surface area contributed by atoms with Crippen molar-refractivity contribution in [1.82, 2.24) is 4.98 Å². The number of amides is 1. The summed E-state index contributed by atoms with van der Waals surface area (Å²) in [6, 6.07) is 7.90. The molecule has 0 aliphatic heterocycles. The van der Waals surface area contributed by atoms with Crippen molar-refractivity contribution in [3.8, 4) is 0 Å². The summed E-state index contributed by atoms with van der Waals surface area (Å²) in [6.07, 6.45) is 0.0407. The minimum absolute atomic E-state index is 0.0407. The van der Waals surface area contributed by atoms with E-state index in [1.807, 2.05) is 52.0 Å². The smallest absolute Gasteiger partial charge is 0.250 e. The monoisotopic (exact) mass is 272 g/mol. The molecular formula is C16H20N2O2. The summed E-state index contributed by atoms with van der Waals surface area (Å²) in [5.74, 6) is -0.146. The maximum Gasteiger partial charge on any atom is 0.250 e. The molecule has 20 heavy (non-hydrogen) atoms. The van der Waals surface area contributed by atoms with E-state index in [0.717, 1.165) is 27.8 Å². The maximum atomic E-state index is 11.9. The lowest BCUT2D eigenvalue weighted by atomic mass is 10.1. The number of rotatable bonds is 4. The number of aromatic nitrogens is 1. The number of hydrogen-bond donors (Lipinski definition) is 1. The van der Waals surface area contributed by atoms with Crippen LogP contribution in [-0.4, -0.2) is 23.6 Å². The lowest BCUT2D eigenvalue weighted by Gasteiger charge is -2.11. The molecule has 0 unspecified atom stereocenters. The van der Waals surface area contributed by atoms with Gasteiger partial charge in [0.25, 0.3) is 0 Å². The van der Waals surface area contributed by atoms with Crippen LogP contribution >= 0.6 is 0 Å². The maximum absolute atomic E-state index is 11.9. The third kappa shape index (κ3) is 3.54. The molecule has 0 saturated heterocycles. The van der Waals surface area contributed by atoms with Gasteiger partial charge in [0.2, 0.25) is 5.91 Å². The molecule has 0 spiro atoms. The fraction of sp³-hybridized carbons (Fsp3) is 0.375. The van der Waals surface area contributed by atoms with E-state index in [1.165, 1.54) is 0 Å². The first-order valence-corrected chi connectivity index (χ1v) is 6.75. The van der Waals surface area contributed by atoms with Crippen molar-refractivity contribution in [2.24, 2.45) is 0 Å². The summed E-state index contributed by atoms with van der Waals surface area (Å²) in [5.41, 5.74) is 3.68. The zero-order chi connectivity index (χ0) is 14.7. The van der Waals surface area contributed by atoms with Crippen molar-refractivity contribution >= 4 is 22.5 Å². The molecule has 0 fully saturated rings. The number of carbonyl (C=O) groups is 1. The summed E-state index contributed by atoms with van der Waals surface area (Å²) in [4.78, 5) is 16.4. The quantitative estimate of drug-likeness (QED) is 0.929. The molecule has 1 aromatic heterocycles. The molecule has 0 aliphatic rings. The van der Waals surface area contributed by atoms with Gasteiger partial charge < -0.3 is 10.1 Å². The van der Waals surface area contributed by atoms with Crippen LogP contribution in [0.3, 0.4) is 0 Å². The summed E-state index contributed by atoms with van der Waals surface area (Å²) in [7, 11) is 0. The summed E-state index contributed by atoms with van der Waals surface area (Å²) in [6.45, 7) is 7.81. The number of carbonyl (C=O) groups excluding carboxylic acids is 1. The predicted molar refractivity (Wildman–Crippen MR) is 80.9 cm³/mol. The van der Waals surface area contributed by atoms with Gasteiger partial charge in [-0.2, -0.15) is 0 Å². The third-order valence-corrected chi connectivity index (χ3v) is 2.91. The Balaban J connectivity index is 2.28. The van der Waals surface area contributed by atoms with Gasteiger partial charge in [-0.05, 0) is 45.9 Å². The molecule has 0 radical (unpaired) electrons. The average molecular weight is 272 g/mol. The molecular weight excluding hydrogens is 252 g/mol. The van der Waals surface area contributed by atoms with E-state index in [9.17, 15) is 4.79 Å². The van der Waals surface area contributed by atoms with E-state index >= 15 is 0 Å². The molecule has 0 bridgehead atoms. The zero-order valence-corrected chi connectivity index (χ0v) is 12.4. The van der Waals surface area contributed by atoms with Gasteiger partial charge in [-0.3, -0.25) is 9.78 Å². The number of ether oxygens (including phenoxy) is 1. The summed E-state index contributed by atoms with van der Waals surface area (Å²) in [5, 5.41) is 3.86. The fourth-order valence-electron chi connectivity index (χ4n) is 2.00. The molecule has 1 aromatic carbocycles. The number of aryl methyl sites for hydroxylation is 2. The van der Waals surface area contributed by atoms with Crippen LogP contribution < -0.4 is 5.32 Å². The number of benzene rings is 1. The molecule has 2 aromatic rings. The molecule has 1 N–H and O–H groups in total. The Kier molecular flexibility index (Phi) is 4.35. The number of nitrogens with zero attached hydrogens (tertiary/aromatic N) is 1. The Hall–Kier alpha value is -1.94. The first kappa shape index (κ1) is 14.5. The molecule has 4 nitrogen and oxygen atoms in total. The highest BCUT2D eigenvalue weighted by Crippen LogP contribution is 2.24. The van der Waals surface area contributed by atoms with Gasteiger partial charge in [0.15, 0.2) is 0 Å². The molecule has 106 valence electrons. The van der Waals surface area contributed by atoms with Gasteiger partial charge in [-0.1, -0.05) is 11.6 Å². The van der Waals surface area contributed by atoms with E-state index in [-0.39, 0.29) is 18.6 Å². The van der Waals surface area contributed by atoms with Crippen LogP contribution in [-0.2, 0) is 9.53 Å². The minimum atomic E-state index is -0.146.